The van der Waals surface area contributed by atoms with Crippen LogP contribution in [-0.2, 0) is 11.3 Å². The highest BCUT2D eigenvalue weighted by molar-refractivity contribution is 7.18. The molecule has 0 spiro atoms. The van der Waals surface area contributed by atoms with Crippen LogP contribution in [0.4, 0.5) is 0 Å². The van der Waals surface area contributed by atoms with Crippen molar-refractivity contribution < 1.29 is 4.79 Å². The summed E-state index contributed by atoms with van der Waals surface area (Å²) in [5.74, 6) is 0.798. The Kier molecular flexibility index (Phi) is 3.72. The third-order valence-electron chi connectivity index (χ3n) is 4.00. The van der Waals surface area contributed by atoms with Gasteiger partial charge in [0.25, 0.3) is 0 Å². The molecule has 0 radical (unpaired) electrons. The third kappa shape index (κ3) is 2.55. The number of thiazole rings is 1. The van der Waals surface area contributed by atoms with Crippen LogP contribution in [0, 0.1) is 11.8 Å². The van der Waals surface area contributed by atoms with Crippen molar-refractivity contribution in [3.8, 4) is 0 Å². The molecule has 1 aliphatic heterocycles. The molecule has 1 saturated heterocycles. The van der Waals surface area contributed by atoms with Gasteiger partial charge in [-0.2, -0.15) is 0 Å². The molecule has 2 aromatic rings. The van der Waals surface area contributed by atoms with Gasteiger partial charge in [0.2, 0.25) is 5.91 Å². The van der Waals surface area contributed by atoms with E-state index < -0.39 is 0 Å². The van der Waals surface area contributed by atoms with E-state index in [-0.39, 0.29) is 11.8 Å². The molecule has 1 aliphatic rings. The van der Waals surface area contributed by atoms with Crippen LogP contribution in [0.3, 0.4) is 0 Å². The number of nitrogens with one attached hydrogen (secondary N) is 1. The topological polar surface area (TPSA) is 45.2 Å². The third-order valence-corrected chi connectivity index (χ3v) is 5.02. The van der Waals surface area contributed by atoms with E-state index in [1.165, 1.54) is 4.70 Å². The first kappa shape index (κ1) is 13.5. The van der Waals surface area contributed by atoms with Crippen molar-refractivity contribution in [1.82, 2.24) is 15.2 Å². The van der Waals surface area contributed by atoms with Gasteiger partial charge < -0.3 is 10.2 Å². The van der Waals surface area contributed by atoms with E-state index in [0.29, 0.717) is 12.5 Å². The van der Waals surface area contributed by atoms with Gasteiger partial charge in [-0.25, -0.2) is 4.98 Å². The highest BCUT2D eigenvalue weighted by Crippen LogP contribution is 2.24. The van der Waals surface area contributed by atoms with Gasteiger partial charge in [-0.3, -0.25) is 4.79 Å². The van der Waals surface area contributed by atoms with Crippen LogP contribution in [0.1, 0.15) is 11.9 Å². The predicted octanol–water partition coefficient (Wildman–Crippen LogP) is 2.11. The average Bonchev–Trinajstić information content (AvgIpc) is 2.77. The normalized spacial score (nSPS) is 16.9. The molecule has 106 valence electrons. The number of hydrogen-bond donors (Lipinski definition) is 1. The maximum Gasteiger partial charge on any atom is 0.225 e. The van der Waals surface area contributed by atoms with Gasteiger partial charge in [0, 0.05) is 13.0 Å². The van der Waals surface area contributed by atoms with Gasteiger partial charge in [0.1, 0.15) is 5.01 Å². The van der Waals surface area contributed by atoms with E-state index >= 15 is 0 Å². The van der Waals surface area contributed by atoms with Gasteiger partial charge in [0.05, 0.1) is 16.8 Å². The van der Waals surface area contributed by atoms with Crippen LogP contribution in [-0.4, -0.2) is 35.9 Å². The van der Waals surface area contributed by atoms with E-state index in [0.717, 1.165) is 23.6 Å². The van der Waals surface area contributed by atoms with E-state index in [4.69, 9.17) is 0 Å². The number of aromatic nitrogens is 1. The van der Waals surface area contributed by atoms with Crippen molar-refractivity contribution in [2.75, 3.05) is 20.1 Å². The summed E-state index contributed by atoms with van der Waals surface area (Å²) in [5.41, 5.74) is 1.02. The molecule has 1 atom stereocenters. The molecule has 1 unspecified atom stereocenters. The van der Waals surface area contributed by atoms with E-state index in [2.05, 4.69) is 16.4 Å². The first-order chi connectivity index (χ1) is 9.65. The van der Waals surface area contributed by atoms with Gasteiger partial charge in [-0.1, -0.05) is 19.1 Å². The Morgan fingerprint density at radius 1 is 1.50 bits per heavy atom. The Morgan fingerprint density at radius 2 is 2.25 bits per heavy atom. The predicted molar refractivity (Wildman–Crippen MR) is 81.6 cm³/mol. The second-order valence-corrected chi connectivity index (χ2v) is 6.59. The molecule has 1 aromatic carbocycles. The zero-order valence-corrected chi connectivity index (χ0v) is 12.6. The molecule has 1 amide bonds. The van der Waals surface area contributed by atoms with Gasteiger partial charge in [-0.05, 0) is 31.1 Å². The van der Waals surface area contributed by atoms with E-state index in [9.17, 15) is 4.79 Å². The first-order valence-corrected chi connectivity index (χ1v) is 7.77. The van der Waals surface area contributed by atoms with Crippen LogP contribution >= 0.6 is 11.3 Å². The second-order valence-electron chi connectivity index (χ2n) is 5.48. The molecule has 4 nitrogen and oxygen atoms in total. The second kappa shape index (κ2) is 5.50. The van der Waals surface area contributed by atoms with E-state index in [1.807, 2.05) is 32.2 Å². The molecule has 0 aliphatic carbocycles. The largest absolute Gasteiger partial charge is 0.339 e. The monoisotopic (exact) mass is 289 g/mol. The number of rotatable bonds is 4. The summed E-state index contributed by atoms with van der Waals surface area (Å²) >= 11 is 1.67. The zero-order valence-electron chi connectivity index (χ0n) is 11.8. The maximum absolute atomic E-state index is 12.4. The SMILES string of the molecule is CC(C(=O)N(C)Cc1nc2ccccc2s1)C1CNC1. The number of amides is 1. The number of hydrogen-bond acceptors (Lipinski definition) is 4. The average molecular weight is 289 g/mol. The molecule has 20 heavy (non-hydrogen) atoms. The number of fused-ring (bicyclic) bond motifs is 1. The summed E-state index contributed by atoms with van der Waals surface area (Å²) < 4.78 is 1.18. The Labute approximate surface area is 122 Å². The molecule has 5 heteroatoms. The lowest BCUT2D eigenvalue weighted by atomic mass is 9.88. The lowest BCUT2D eigenvalue weighted by Gasteiger charge is -2.33. The van der Waals surface area contributed by atoms with Crippen molar-refractivity contribution in [1.29, 1.82) is 0 Å². The molecule has 3 rings (SSSR count). The minimum absolute atomic E-state index is 0.0932. The molecule has 2 heterocycles. The van der Waals surface area contributed by atoms with Crippen LogP contribution in [0.15, 0.2) is 24.3 Å². The summed E-state index contributed by atoms with van der Waals surface area (Å²) in [7, 11) is 1.87. The quantitative estimate of drug-likeness (QED) is 0.937. The van der Waals surface area contributed by atoms with Crippen molar-refractivity contribution in [3.05, 3.63) is 29.3 Å². The van der Waals surface area contributed by atoms with Gasteiger partial charge in [-0.15, -0.1) is 11.3 Å². The minimum Gasteiger partial charge on any atom is -0.339 e. The summed E-state index contributed by atoms with van der Waals surface area (Å²) in [6.07, 6.45) is 0. The highest BCUT2D eigenvalue weighted by atomic mass is 32.1. The first-order valence-electron chi connectivity index (χ1n) is 6.95. The molecule has 1 N–H and O–H groups in total. The minimum atomic E-state index is 0.0932. The molecular formula is C15H19N3OS. The summed E-state index contributed by atoms with van der Waals surface area (Å²) in [4.78, 5) is 18.8. The Morgan fingerprint density at radius 3 is 2.90 bits per heavy atom. The van der Waals surface area contributed by atoms with Crippen LogP contribution in [0.5, 0.6) is 0 Å². The molecule has 1 fully saturated rings. The van der Waals surface area contributed by atoms with Crippen molar-refractivity contribution >= 4 is 27.5 Å². The van der Waals surface area contributed by atoms with Crippen LogP contribution < -0.4 is 5.32 Å². The molecule has 0 bridgehead atoms. The lowest BCUT2D eigenvalue weighted by molar-refractivity contribution is -0.136. The number of carbonyl (C=O) groups is 1. The Balaban J connectivity index is 1.68. The van der Waals surface area contributed by atoms with E-state index in [1.54, 1.807) is 16.2 Å². The molecular weight excluding hydrogens is 270 g/mol. The lowest BCUT2D eigenvalue weighted by Crippen LogP contribution is -2.49. The van der Waals surface area contributed by atoms with Crippen molar-refractivity contribution in [2.45, 2.75) is 13.5 Å². The van der Waals surface area contributed by atoms with Crippen LogP contribution in [0.25, 0.3) is 10.2 Å². The summed E-state index contributed by atoms with van der Waals surface area (Å²) in [5, 5.41) is 4.22. The molecule has 0 saturated carbocycles. The van der Waals surface area contributed by atoms with Gasteiger partial charge >= 0.3 is 0 Å². The number of para-hydroxylation sites is 1. The fourth-order valence-electron chi connectivity index (χ4n) is 2.48. The van der Waals surface area contributed by atoms with Crippen molar-refractivity contribution in [2.24, 2.45) is 11.8 Å². The van der Waals surface area contributed by atoms with Gasteiger partial charge in [0.15, 0.2) is 0 Å². The van der Waals surface area contributed by atoms with Crippen LogP contribution in [0.2, 0.25) is 0 Å². The standard InChI is InChI=1S/C15H19N3OS/c1-10(11-7-16-8-11)15(19)18(2)9-14-17-12-5-3-4-6-13(12)20-14/h3-6,10-11,16H,7-9H2,1-2H3. The fourth-order valence-corrected chi connectivity index (χ4v) is 3.50. The van der Waals surface area contributed by atoms with Crippen molar-refractivity contribution in [3.63, 3.8) is 0 Å². The fraction of sp³-hybridized carbons (Fsp3) is 0.467. The Bertz CT molecular complexity index is 587. The smallest absolute Gasteiger partial charge is 0.225 e. The molecule has 1 aromatic heterocycles. The zero-order chi connectivity index (χ0) is 14.1. The summed E-state index contributed by atoms with van der Waals surface area (Å²) in [6, 6.07) is 8.10. The Hall–Kier alpha value is -1.46. The highest BCUT2D eigenvalue weighted by Gasteiger charge is 2.30. The number of carbonyl (C=O) groups excluding carboxylic acids is 1. The number of benzene rings is 1. The number of nitrogens with zero attached hydrogens (tertiary/aromatic N) is 2. The summed E-state index contributed by atoms with van der Waals surface area (Å²) in [6.45, 7) is 4.55. The maximum atomic E-state index is 12.4.